The number of nitrogens with zero attached hydrogens (tertiary/aromatic N) is 2. The highest BCUT2D eigenvalue weighted by Gasteiger charge is 2.46. The molecule has 0 amide bonds. The maximum absolute atomic E-state index is 14.4. The van der Waals surface area contributed by atoms with Gasteiger partial charge in [-0.15, -0.1) is 11.8 Å². The van der Waals surface area contributed by atoms with Crippen LogP contribution in [0.5, 0.6) is 0 Å². The number of nitrogen functional groups attached to an aromatic ring is 1. The lowest BCUT2D eigenvalue weighted by molar-refractivity contribution is -0.142. The molecule has 1 saturated heterocycles. The van der Waals surface area contributed by atoms with Gasteiger partial charge in [0, 0.05) is 6.20 Å². The van der Waals surface area contributed by atoms with Gasteiger partial charge in [-0.25, -0.2) is 18.8 Å². The number of halogens is 1. The Balaban J connectivity index is 2.02. The summed E-state index contributed by atoms with van der Waals surface area (Å²) in [6.07, 6.45) is -2.14. The number of rotatable bonds is 7. The third-order valence-corrected chi connectivity index (χ3v) is 6.49. The lowest BCUT2D eigenvalue weighted by atomic mass is 10.1. The highest BCUT2D eigenvalue weighted by Crippen LogP contribution is 2.46. The van der Waals surface area contributed by atoms with Crippen LogP contribution in [-0.2, 0) is 18.6 Å². The van der Waals surface area contributed by atoms with Crippen LogP contribution in [0.15, 0.2) is 17.1 Å². The van der Waals surface area contributed by atoms with Gasteiger partial charge in [0.25, 0.3) is 0 Å². The Hall–Kier alpha value is -1.50. The standard InChI is InChI=1S/C13H20FN4O7PS/c1-6(12(20)24-2)17-26(22,23)25-5-7-10(19)9(14)11(27-7)18-4-3-8(15)16-13(18)21/h3-4,6-7,9-11,19H,5H2,1-2H3,(H2,15,16,21)(H2,17,22,23)/t6?,7-,9+,10-,11-/m1/s1. The van der Waals surface area contributed by atoms with Gasteiger partial charge in [-0.05, 0) is 13.0 Å². The maximum Gasteiger partial charge on any atom is 0.403 e. The third kappa shape index (κ3) is 5.27. The van der Waals surface area contributed by atoms with Gasteiger partial charge < -0.3 is 20.5 Å². The quantitative estimate of drug-likeness (QED) is 0.325. The fourth-order valence-corrected chi connectivity index (χ4v) is 4.92. The van der Waals surface area contributed by atoms with Crippen LogP contribution in [0, 0.1) is 0 Å². The SMILES string of the molecule is COC(=O)C(C)NP(=O)(O)OC[C@H]1S[C@@H](n2ccc(N)nc2=O)[C@@H](F)[C@@H]1O. The van der Waals surface area contributed by atoms with Crippen molar-refractivity contribution in [3.63, 3.8) is 0 Å². The zero-order chi connectivity index (χ0) is 20.4. The van der Waals surface area contributed by atoms with E-state index in [1.807, 2.05) is 0 Å². The second kappa shape index (κ2) is 8.67. The summed E-state index contributed by atoms with van der Waals surface area (Å²) >= 11 is 0.851. The first-order valence-corrected chi connectivity index (χ1v) is 10.2. The molecular weight excluding hydrogens is 406 g/mol. The van der Waals surface area contributed by atoms with Crippen molar-refractivity contribution >= 4 is 31.3 Å². The Morgan fingerprint density at radius 1 is 1.63 bits per heavy atom. The van der Waals surface area contributed by atoms with Crippen LogP contribution in [0.1, 0.15) is 12.3 Å². The number of anilines is 1. The van der Waals surface area contributed by atoms with Gasteiger partial charge in [-0.1, -0.05) is 0 Å². The number of hydrogen-bond donors (Lipinski definition) is 4. The van der Waals surface area contributed by atoms with Crippen molar-refractivity contribution in [1.29, 1.82) is 0 Å². The molecule has 2 heterocycles. The fraction of sp³-hybridized carbons (Fsp3) is 0.615. The van der Waals surface area contributed by atoms with Crippen LogP contribution in [0.3, 0.4) is 0 Å². The van der Waals surface area contributed by atoms with E-state index in [-0.39, 0.29) is 5.82 Å². The van der Waals surface area contributed by atoms with Gasteiger partial charge in [-0.2, -0.15) is 4.98 Å². The number of ether oxygens (including phenoxy) is 1. The van der Waals surface area contributed by atoms with Crippen LogP contribution in [0.25, 0.3) is 0 Å². The molecule has 27 heavy (non-hydrogen) atoms. The highest BCUT2D eigenvalue weighted by atomic mass is 32.2. The predicted octanol–water partition coefficient (Wildman–Crippen LogP) is -0.593. The van der Waals surface area contributed by atoms with E-state index in [1.165, 1.54) is 19.2 Å². The van der Waals surface area contributed by atoms with Crippen LogP contribution < -0.4 is 16.5 Å². The molecule has 152 valence electrons. The second-order valence-corrected chi connectivity index (χ2v) is 8.65. The van der Waals surface area contributed by atoms with Gasteiger partial charge in [0.2, 0.25) is 0 Å². The minimum absolute atomic E-state index is 0.0258. The predicted molar refractivity (Wildman–Crippen MR) is 94.6 cm³/mol. The topological polar surface area (TPSA) is 166 Å². The Morgan fingerprint density at radius 3 is 2.89 bits per heavy atom. The van der Waals surface area contributed by atoms with Crippen molar-refractivity contribution in [2.75, 3.05) is 19.5 Å². The normalized spacial score (nSPS) is 28.5. The number of aromatic nitrogens is 2. The molecule has 1 aliphatic rings. The van der Waals surface area contributed by atoms with Crippen molar-refractivity contribution in [2.24, 2.45) is 0 Å². The van der Waals surface area contributed by atoms with Crippen LogP contribution >= 0.6 is 19.5 Å². The molecule has 14 heteroatoms. The van der Waals surface area contributed by atoms with Crippen molar-refractivity contribution in [1.82, 2.24) is 14.6 Å². The smallest absolute Gasteiger partial charge is 0.403 e. The van der Waals surface area contributed by atoms with E-state index in [0.29, 0.717) is 0 Å². The molecule has 1 aliphatic heterocycles. The van der Waals surface area contributed by atoms with Crippen molar-refractivity contribution in [3.8, 4) is 0 Å². The Morgan fingerprint density at radius 2 is 2.30 bits per heavy atom. The molecule has 1 aromatic rings. The summed E-state index contributed by atoms with van der Waals surface area (Å²) in [5.41, 5.74) is 4.60. The van der Waals surface area contributed by atoms with Gasteiger partial charge in [0.1, 0.15) is 23.3 Å². The zero-order valence-corrected chi connectivity index (χ0v) is 16.1. The molecule has 0 aliphatic carbocycles. The number of nitrogens with two attached hydrogens (primary N) is 1. The molecule has 0 spiro atoms. The Bertz CT molecular complexity index is 796. The maximum atomic E-state index is 14.4. The number of aliphatic hydroxyl groups excluding tert-OH is 1. The van der Waals surface area contributed by atoms with Gasteiger partial charge in [0.05, 0.1) is 19.0 Å². The first kappa shape index (κ1) is 21.8. The summed E-state index contributed by atoms with van der Waals surface area (Å²) in [7, 11) is -3.30. The highest BCUT2D eigenvalue weighted by molar-refractivity contribution is 8.00. The van der Waals surface area contributed by atoms with Gasteiger partial charge >= 0.3 is 19.4 Å². The number of esters is 1. The van der Waals surface area contributed by atoms with Crippen molar-refractivity contribution in [2.45, 2.75) is 35.9 Å². The molecule has 6 atom stereocenters. The van der Waals surface area contributed by atoms with E-state index >= 15 is 0 Å². The molecule has 5 N–H and O–H groups in total. The molecule has 0 bridgehead atoms. The van der Waals surface area contributed by atoms with E-state index in [9.17, 15) is 28.5 Å². The minimum Gasteiger partial charge on any atom is -0.468 e. The van der Waals surface area contributed by atoms with E-state index in [1.54, 1.807) is 0 Å². The molecule has 11 nitrogen and oxygen atoms in total. The molecule has 0 aromatic carbocycles. The third-order valence-electron chi connectivity index (χ3n) is 3.74. The molecule has 1 aromatic heterocycles. The lowest BCUT2D eigenvalue weighted by Gasteiger charge is -2.20. The Kier molecular flexibility index (Phi) is 7.00. The number of carbonyl (C=O) groups excluding carboxylic acids is 1. The fourth-order valence-electron chi connectivity index (χ4n) is 2.37. The zero-order valence-electron chi connectivity index (χ0n) is 14.4. The van der Waals surface area contributed by atoms with E-state index in [2.05, 4.69) is 14.8 Å². The number of carbonyl (C=O) groups is 1. The monoisotopic (exact) mass is 426 g/mol. The molecule has 2 unspecified atom stereocenters. The molecule has 0 radical (unpaired) electrons. The summed E-state index contributed by atoms with van der Waals surface area (Å²) < 4.78 is 36.7. The first-order chi connectivity index (χ1) is 12.6. The first-order valence-electron chi connectivity index (χ1n) is 7.71. The van der Waals surface area contributed by atoms with Gasteiger partial charge in [-0.3, -0.25) is 13.9 Å². The Labute approximate surface area is 157 Å². The number of thioether (sulfide) groups is 1. The van der Waals surface area contributed by atoms with E-state index in [4.69, 9.17) is 10.3 Å². The summed E-state index contributed by atoms with van der Waals surface area (Å²) in [6.45, 7) is 0.792. The molecule has 1 fully saturated rings. The number of hydrogen-bond acceptors (Lipinski definition) is 9. The van der Waals surface area contributed by atoms with E-state index < -0.39 is 55.0 Å². The largest absolute Gasteiger partial charge is 0.468 e. The number of alkyl halides is 1. The van der Waals surface area contributed by atoms with Crippen molar-refractivity contribution in [3.05, 3.63) is 22.7 Å². The van der Waals surface area contributed by atoms with Crippen LogP contribution in [-0.4, -0.2) is 62.8 Å². The van der Waals surface area contributed by atoms with Crippen molar-refractivity contribution < 1.29 is 33.0 Å². The molecule has 2 rings (SSSR count). The summed E-state index contributed by atoms with van der Waals surface area (Å²) in [6, 6.07) is 0.193. The summed E-state index contributed by atoms with van der Waals surface area (Å²) in [4.78, 5) is 36.4. The average Bonchev–Trinajstić information content (AvgIpc) is 2.87. The van der Waals surface area contributed by atoms with Crippen LogP contribution in [0.2, 0.25) is 0 Å². The number of aliphatic hydroxyl groups is 1. The number of nitrogens with one attached hydrogen (secondary N) is 1. The number of methoxy groups -OCH3 is 1. The lowest BCUT2D eigenvalue weighted by Crippen LogP contribution is -2.35. The summed E-state index contributed by atoms with van der Waals surface area (Å²) in [5.74, 6) is -0.802. The summed E-state index contributed by atoms with van der Waals surface area (Å²) in [5, 5.41) is 10.1. The average molecular weight is 426 g/mol. The van der Waals surface area contributed by atoms with Crippen LogP contribution in [0.4, 0.5) is 10.2 Å². The van der Waals surface area contributed by atoms with Gasteiger partial charge in [0.15, 0.2) is 6.17 Å². The molecular formula is C13H20FN4O7PS. The second-order valence-electron chi connectivity index (χ2n) is 5.73. The minimum atomic E-state index is -4.42. The molecule has 0 saturated carbocycles. The van der Waals surface area contributed by atoms with E-state index in [0.717, 1.165) is 23.4 Å².